The standard InChI is InChI=1S/C25H45O4P/c1-9-28-30(26,29-10-2)25(20-24(7)17-18-27-8)19-23(6)16-12-15-22(5)14-11-13-21(3)4/h13,15,17,19,25H,9-12,14,16,18,20H2,1-8H3. The largest absolute Gasteiger partial charge is 0.381 e. The summed E-state index contributed by atoms with van der Waals surface area (Å²) in [6.45, 7) is 15.6. The first kappa shape index (κ1) is 29.1. The molecule has 0 N–H and O–H groups in total. The molecule has 30 heavy (non-hydrogen) atoms. The van der Waals surface area contributed by atoms with Crippen molar-refractivity contribution in [3.05, 3.63) is 46.6 Å². The summed E-state index contributed by atoms with van der Waals surface area (Å²) in [7, 11) is -1.55. The van der Waals surface area contributed by atoms with Crippen molar-refractivity contribution in [2.75, 3.05) is 26.9 Å². The van der Waals surface area contributed by atoms with E-state index in [0.29, 0.717) is 26.2 Å². The lowest BCUT2D eigenvalue weighted by Gasteiger charge is -2.25. The Morgan fingerprint density at radius 3 is 1.93 bits per heavy atom. The number of methoxy groups -OCH3 is 1. The first-order valence-electron chi connectivity index (χ1n) is 11.2. The molecule has 1 unspecified atom stereocenters. The lowest BCUT2D eigenvalue weighted by atomic mass is 10.0. The Kier molecular flexibility index (Phi) is 16.2. The second kappa shape index (κ2) is 16.7. The Balaban J connectivity index is 5.27. The van der Waals surface area contributed by atoms with Gasteiger partial charge < -0.3 is 13.8 Å². The fourth-order valence-electron chi connectivity index (χ4n) is 3.14. The molecule has 0 saturated carbocycles. The Morgan fingerprint density at radius 1 is 0.833 bits per heavy atom. The van der Waals surface area contributed by atoms with Gasteiger partial charge in [0.15, 0.2) is 0 Å². The zero-order valence-corrected chi connectivity index (χ0v) is 21.5. The zero-order valence-electron chi connectivity index (χ0n) is 20.6. The van der Waals surface area contributed by atoms with Crippen LogP contribution >= 0.6 is 7.60 Å². The van der Waals surface area contributed by atoms with E-state index in [2.05, 4.69) is 45.9 Å². The van der Waals surface area contributed by atoms with E-state index in [0.717, 1.165) is 31.3 Å². The first-order chi connectivity index (χ1) is 14.2. The van der Waals surface area contributed by atoms with Gasteiger partial charge in [-0.25, -0.2) is 0 Å². The Bertz CT molecular complexity index is 630. The normalized spacial score (nSPS) is 14.7. The fraction of sp³-hybridized carbons (Fsp3) is 0.680. The highest BCUT2D eigenvalue weighted by Gasteiger charge is 2.34. The molecule has 4 nitrogen and oxygen atoms in total. The number of hydrogen-bond acceptors (Lipinski definition) is 4. The second-order valence-electron chi connectivity index (χ2n) is 8.07. The molecule has 5 heteroatoms. The molecule has 0 aromatic carbocycles. The van der Waals surface area contributed by atoms with Crippen molar-refractivity contribution in [2.24, 2.45) is 0 Å². The van der Waals surface area contributed by atoms with Gasteiger partial charge in [0.05, 0.1) is 25.5 Å². The van der Waals surface area contributed by atoms with E-state index in [1.54, 1.807) is 7.11 Å². The summed E-state index contributed by atoms with van der Waals surface area (Å²) in [4.78, 5) is 0. The number of hydrogen-bond donors (Lipinski definition) is 0. The van der Waals surface area contributed by atoms with E-state index in [1.165, 1.54) is 16.7 Å². The van der Waals surface area contributed by atoms with Crippen LogP contribution in [0.2, 0.25) is 0 Å². The van der Waals surface area contributed by atoms with E-state index in [-0.39, 0.29) is 5.66 Å². The van der Waals surface area contributed by atoms with Gasteiger partial charge in [0.25, 0.3) is 0 Å². The summed E-state index contributed by atoms with van der Waals surface area (Å²) in [5, 5.41) is 0. The molecule has 0 aliphatic carbocycles. The SMILES string of the molecule is CCOP(=O)(OCC)C(C=C(C)CCC=C(C)CCC=C(C)C)CC(C)=CCOC. The van der Waals surface area contributed by atoms with Crippen molar-refractivity contribution < 1.29 is 18.3 Å². The molecule has 0 aliphatic heterocycles. The highest BCUT2D eigenvalue weighted by molar-refractivity contribution is 7.54. The van der Waals surface area contributed by atoms with Crippen LogP contribution in [-0.4, -0.2) is 32.6 Å². The van der Waals surface area contributed by atoms with Crippen molar-refractivity contribution in [2.45, 2.75) is 86.2 Å². The van der Waals surface area contributed by atoms with Crippen LogP contribution < -0.4 is 0 Å². The summed E-state index contributed by atoms with van der Waals surface area (Å²) in [6, 6.07) is 0. The molecule has 0 saturated heterocycles. The molecule has 1 atom stereocenters. The van der Waals surface area contributed by atoms with E-state index in [9.17, 15) is 4.57 Å². The lowest BCUT2D eigenvalue weighted by molar-refractivity contribution is 0.215. The van der Waals surface area contributed by atoms with Crippen molar-refractivity contribution in [1.29, 1.82) is 0 Å². The van der Waals surface area contributed by atoms with Crippen LogP contribution in [-0.2, 0) is 18.3 Å². The molecule has 0 bridgehead atoms. The molecule has 0 aliphatic rings. The van der Waals surface area contributed by atoms with E-state index in [4.69, 9.17) is 13.8 Å². The van der Waals surface area contributed by atoms with Crippen LogP contribution in [0.3, 0.4) is 0 Å². The molecule has 0 aromatic heterocycles. The van der Waals surface area contributed by atoms with Gasteiger partial charge in [-0.05, 0) is 80.6 Å². The highest BCUT2D eigenvalue weighted by Crippen LogP contribution is 2.55. The third kappa shape index (κ3) is 13.4. The minimum Gasteiger partial charge on any atom is -0.381 e. The topological polar surface area (TPSA) is 44.8 Å². The van der Waals surface area contributed by atoms with Gasteiger partial charge in [0.1, 0.15) is 0 Å². The molecular weight excluding hydrogens is 395 g/mol. The van der Waals surface area contributed by atoms with Gasteiger partial charge in [-0.1, -0.05) is 46.6 Å². The molecule has 0 spiro atoms. The summed E-state index contributed by atoms with van der Waals surface area (Å²) in [5.41, 5.74) is 4.85. The highest BCUT2D eigenvalue weighted by atomic mass is 31.2. The van der Waals surface area contributed by atoms with Gasteiger partial charge in [0, 0.05) is 7.11 Å². The average molecular weight is 441 g/mol. The first-order valence-corrected chi connectivity index (χ1v) is 12.8. The molecule has 0 aromatic rings. The third-order valence-corrected chi connectivity index (χ3v) is 7.13. The monoisotopic (exact) mass is 440 g/mol. The second-order valence-corrected chi connectivity index (χ2v) is 10.3. The van der Waals surface area contributed by atoms with Crippen LogP contribution in [0.15, 0.2) is 46.6 Å². The Labute approximate surface area is 186 Å². The maximum Gasteiger partial charge on any atom is 0.337 e. The molecule has 0 fully saturated rings. The van der Waals surface area contributed by atoms with Crippen LogP contribution in [0.25, 0.3) is 0 Å². The Morgan fingerprint density at radius 2 is 1.40 bits per heavy atom. The molecule has 0 heterocycles. The van der Waals surface area contributed by atoms with Crippen LogP contribution in [0.5, 0.6) is 0 Å². The predicted molar refractivity (Wildman–Crippen MR) is 130 cm³/mol. The summed E-state index contributed by atoms with van der Waals surface area (Å²) in [6.07, 6.45) is 13.5. The van der Waals surface area contributed by atoms with Crippen LogP contribution in [0.1, 0.15) is 80.6 Å². The van der Waals surface area contributed by atoms with Gasteiger partial charge >= 0.3 is 7.60 Å². The van der Waals surface area contributed by atoms with Gasteiger partial charge in [0.2, 0.25) is 0 Å². The number of ether oxygens (including phenoxy) is 1. The maximum absolute atomic E-state index is 13.4. The predicted octanol–water partition coefficient (Wildman–Crippen LogP) is 8.02. The molecular formula is C25H45O4P. The van der Waals surface area contributed by atoms with Crippen LogP contribution in [0.4, 0.5) is 0 Å². The average Bonchev–Trinajstić information content (AvgIpc) is 2.66. The van der Waals surface area contributed by atoms with Gasteiger partial charge in [-0.2, -0.15) is 0 Å². The molecule has 0 amide bonds. The van der Waals surface area contributed by atoms with Gasteiger partial charge in [-0.15, -0.1) is 0 Å². The van der Waals surface area contributed by atoms with Gasteiger partial charge in [-0.3, -0.25) is 4.57 Å². The molecule has 0 radical (unpaired) electrons. The minimum atomic E-state index is -3.22. The third-order valence-electron chi connectivity index (χ3n) is 4.75. The fourth-order valence-corrected chi connectivity index (χ4v) is 5.26. The smallest absolute Gasteiger partial charge is 0.337 e. The van der Waals surface area contributed by atoms with E-state index < -0.39 is 7.60 Å². The summed E-state index contributed by atoms with van der Waals surface area (Å²) >= 11 is 0. The van der Waals surface area contributed by atoms with E-state index in [1.807, 2.05) is 26.8 Å². The summed E-state index contributed by atoms with van der Waals surface area (Å²) < 4.78 is 29.9. The number of allylic oxidation sites excluding steroid dienone is 7. The van der Waals surface area contributed by atoms with Crippen molar-refractivity contribution in [1.82, 2.24) is 0 Å². The Hall–Kier alpha value is -0.930. The lowest BCUT2D eigenvalue weighted by Crippen LogP contribution is -2.13. The van der Waals surface area contributed by atoms with Crippen molar-refractivity contribution >= 4 is 7.60 Å². The quantitative estimate of drug-likeness (QED) is 0.180. The molecule has 174 valence electrons. The van der Waals surface area contributed by atoms with Crippen LogP contribution in [0, 0.1) is 0 Å². The molecule has 0 rings (SSSR count). The van der Waals surface area contributed by atoms with E-state index >= 15 is 0 Å². The maximum atomic E-state index is 13.4. The number of rotatable bonds is 16. The summed E-state index contributed by atoms with van der Waals surface area (Å²) in [5.74, 6) is 0. The van der Waals surface area contributed by atoms with Crippen molar-refractivity contribution in [3.63, 3.8) is 0 Å². The zero-order chi connectivity index (χ0) is 23.0. The van der Waals surface area contributed by atoms with Crippen molar-refractivity contribution in [3.8, 4) is 0 Å². The minimum absolute atomic E-state index is 0.284.